The highest BCUT2D eigenvalue weighted by Crippen LogP contribution is 2.20. The van der Waals surface area contributed by atoms with Crippen molar-refractivity contribution in [1.29, 1.82) is 0 Å². The number of benzene rings is 1. The van der Waals surface area contributed by atoms with Gasteiger partial charge >= 0.3 is 0 Å². The lowest BCUT2D eigenvalue weighted by Gasteiger charge is -2.44. The first-order valence-electron chi connectivity index (χ1n) is 7.92. The third-order valence-electron chi connectivity index (χ3n) is 4.44. The van der Waals surface area contributed by atoms with Gasteiger partial charge in [0.15, 0.2) is 0 Å². The van der Waals surface area contributed by atoms with E-state index in [1.165, 1.54) is 12.1 Å². The number of piperazine rings is 1. The second kappa shape index (κ2) is 8.25. The van der Waals surface area contributed by atoms with E-state index in [4.69, 9.17) is 16.3 Å². The van der Waals surface area contributed by atoms with Gasteiger partial charge in [0.2, 0.25) is 0 Å². The van der Waals surface area contributed by atoms with E-state index in [-0.39, 0.29) is 5.82 Å². The minimum atomic E-state index is -0.275. The molecule has 3 nitrogen and oxygen atoms in total. The van der Waals surface area contributed by atoms with Crippen LogP contribution in [-0.4, -0.2) is 61.8 Å². The fourth-order valence-electron chi connectivity index (χ4n) is 3.29. The molecule has 0 radical (unpaired) electrons. The molecule has 2 atom stereocenters. The van der Waals surface area contributed by atoms with Crippen molar-refractivity contribution in [3.05, 3.63) is 34.6 Å². The Morgan fingerprint density at radius 3 is 2.50 bits per heavy atom. The zero-order valence-corrected chi connectivity index (χ0v) is 14.4. The predicted molar refractivity (Wildman–Crippen MR) is 89.1 cm³/mol. The van der Waals surface area contributed by atoms with Gasteiger partial charge in [0.25, 0.3) is 0 Å². The third kappa shape index (κ3) is 4.66. The molecule has 0 bridgehead atoms. The lowest BCUT2D eigenvalue weighted by Crippen LogP contribution is -2.57. The fraction of sp³-hybridized carbons (Fsp3) is 0.647. The minimum absolute atomic E-state index is 0.275. The molecular formula is C17H26ClFN2O. The maximum absolute atomic E-state index is 13.1. The third-order valence-corrected chi connectivity index (χ3v) is 4.80. The fourth-order valence-corrected chi connectivity index (χ4v) is 3.55. The summed E-state index contributed by atoms with van der Waals surface area (Å²) >= 11 is 6.10. The van der Waals surface area contributed by atoms with Crippen molar-refractivity contribution in [2.75, 3.05) is 39.9 Å². The maximum atomic E-state index is 13.1. The average molecular weight is 329 g/mol. The quantitative estimate of drug-likeness (QED) is 0.798. The SMILES string of the molecule is COCCN1[C@H](C)CN(CCc2ccc(F)cc2Cl)C[C@H]1C. The largest absolute Gasteiger partial charge is 0.383 e. The van der Waals surface area contributed by atoms with Crippen LogP contribution in [0.25, 0.3) is 0 Å². The predicted octanol–water partition coefficient (Wildman–Crippen LogP) is 3.06. The van der Waals surface area contributed by atoms with Crippen LogP contribution < -0.4 is 0 Å². The number of methoxy groups -OCH3 is 1. The summed E-state index contributed by atoms with van der Waals surface area (Å²) in [4.78, 5) is 4.98. The Bertz CT molecular complexity index is 474. The normalized spacial score (nSPS) is 23.9. The van der Waals surface area contributed by atoms with Crippen LogP contribution in [0, 0.1) is 5.82 Å². The van der Waals surface area contributed by atoms with Crippen molar-refractivity contribution < 1.29 is 9.13 Å². The van der Waals surface area contributed by atoms with E-state index in [0.717, 1.165) is 44.8 Å². The molecule has 0 spiro atoms. The van der Waals surface area contributed by atoms with Gasteiger partial charge in [-0.25, -0.2) is 4.39 Å². The van der Waals surface area contributed by atoms with Gasteiger partial charge in [-0.3, -0.25) is 9.80 Å². The van der Waals surface area contributed by atoms with Crippen LogP contribution in [0.2, 0.25) is 5.02 Å². The molecule has 0 aromatic heterocycles. The van der Waals surface area contributed by atoms with Crippen LogP contribution in [0.3, 0.4) is 0 Å². The number of ether oxygens (including phenoxy) is 1. The zero-order chi connectivity index (χ0) is 16.1. The van der Waals surface area contributed by atoms with Crippen LogP contribution in [0.4, 0.5) is 4.39 Å². The molecule has 5 heteroatoms. The van der Waals surface area contributed by atoms with E-state index < -0.39 is 0 Å². The monoisotopic (exact) mass is 328 g/mol. The molecule has 1 saturated heterocycles. The molecule has 1 fully saturated rings. The molecule has 0 aliphatic carbocycles. The molecular weight excluding hydrogens is 303 g/mol. The molecule has 2 rings (SSSR count). The number of hydrogen-bond donors (Lipinski definition) is 0. The number of halogens is 2. The molecule has 0 saturated carbocycles. The van der Waals surface area contributed by atoms with Crippen LogP contribution in [0.5, 0.6) is 0 Å². The van der Waals surface area contributed by atoms with E-state index in [1.807, 2.05) is 0 Å². The van der Waals surface area contributed by atoms with Gasteiger partial charge in [0, 0.05) is 50.4 Å². The Hall–Kier alpha value is -0.680. The first kappa shape index (κ1) is 17.7. The van der Waals surface area contributed by atoms with Crippen molar-refractivity contribution in [1.82, 2.24) is 9.80 Å². The standard InChI is InChI=1S/C17H26ClFN2O/c1-13-11-20(12-14(2)21(13)8-9-22-3)7-6-15-4-5-16(19)10-17(15)18/h4-5,10,13-14H,6-9,11-12H2,1-3H3/t13-,14-/m1/s1. The van der Waals surface area contributed by atoms with Gasteiger partial charge in [0.1, 0.15) is 5.82 Å². The summed E-state index contributed by atoms with van der Waals surface area (Å²) in [5.41, 5.74) is 1.02. The van der Waals surface area contributed by atoms with E-state index >= 15 is 0 Å². The van der Waals surface area contributed by atoms with E-state index in [1.54, 1.807) is 13.2 Å². The van der Waals surface area contributed by atoms with Gasteiger partial charge < -0.3 is 4.74 Å². The van der Waals surface area contributed by atoms with Crippen molar-refractivity contribution in [3.8, 4) is 0 Å². The molecule has 1 aromatic rings. The number of hydrogen-bond acceptors (Lipinski definition) is 3. The zero-order valence-electron chi connectivity index (χ0n) is 13.7. The van der Waals surface area contributed by atoms with E-state index in [0.29, 0.717) is 17.1 Å². The van der Waals surface area contributed by atoms with Crippen molar-refractivity contribution >= 4 is 11.6 Å². The van der Waals surface area contributed by atoms with Gasteiger partial charge in [-0.05, 0) is 38.0 Å². The van der Waals surface area contributed by atoms with E-state index in [2.05, 4.69) is 23.6 Å². The van der Waals surface area contributed by atoms with Crippen LogP contribution in [0.15, 0.2) is 18.2 Å². The summed E-state index contributed by atoms with van der Waals surface area (Å²) in [6.45, 7) is 9.35. The molecule has 124 valence electrons. The number of rotatable bonds is 6. The van der Waals surface area contributed by atoms with Crippen LogP contribution in [-0.2, 0) is 11.2 Å². The molecule has 22 heavy (non-hydrogen) atoms. The van der Waals surface area contributed by atoms with Gasteiger partial charge in [-0.2, -0.15) is 0 Å². The lowest BCUT2D eigenvalue weighted by molar-refractivity contribution is 0.0215. The molecule has 1 aliphatic rings. The molecule has 1 aliphatic heterocycles. The highest BCUT2D eigenvalue weighted by Gasteiger charge is 2.28. The molecule has 0 N–H and O–H groups in total. The maximum Gasteiger partial charge on any atom is 0.124 e. The van der Waals surface area contributed by atoms with Crippen molar-refractivity contribution in [3.63, 3.8) is 0 Å². The van der Waals surface area contributed by atoms with Crippen molar-refractivity contribution in [2.45, 2.75) is 32.4 Å². The average Bonchev–Trinajstić information content (AvgIpc) is 2.45. The lowest BCUT2D eigenvalue weighted by atomic mass is 10.1. The molecule has 1 heterocycles. The highest BCUT2D eigenvalue weighted by molar-refractivity contribution is 6.31. The Morgan fingerprint density at radius 1 is 1.23 bits per heavy atom. The first-order chi connectivity index (χ1) is 10.5. The Balaban J connectivity index is 1.87. The molecule has 0 amide bonds. The Labute approximate surface area is 138 Å². The summed E-state index contributed by atoms with van der Waals surface area (Å²) in [7, 11) is 1.75. The summed E-state index contributed by atoms with van der Waals surface area (Å²) in [5.74, 6) is -0.275. The van der Waals surface area contributed by atoms with Gasteiger partial charge in [0.05, 0.1) is 6.61 Å². The summed E-state index contributed by atoms with van der Waals surface area (Å²) in [6.07, 6.45) is 0.858. The smallest absolute Gasteiger partial charge is 0.124 e. The van der Waals surface area contributed by atoms with Crippen LogP contribution >= 0.6 is 11.6 Å². The van der Waals surface area contributed by atoms with Crippen molar-refractivity contribution in [2.24, 2.45) is 0 Å². The summed E-state index contributed by atoms with van der Waals surface area (Å²) in [5, 5.41) is 0.528. The van der Waals surface area contributed by atoms with Gasteiger partial charge in [-0.15, -0.1) is 0 Å². The second-order valence-corrected chi connectivity index (χ2v) is 6.58. The Kier molecular flexibility index (Phi) is 6.63. The molecule has 1 aromatic carbocycles. The topological polar surface area (TPSA) is 15.7 Å². The second-order valence-electron chi connectivity index (χ2n) is 6.17. The van der Waals surface area contributed by atoms with Crippen LogP contribution in [0.1, 0.15) is 19.4 Å². The Morgan fingerprint density at radius 2 is 1.91 bits per heavy atom. The molecule has 0 unspecified atom stereocenters. The summed E-state index contributed by atoms with van der Waals surface area (Å²) in [6, 6.07) is 5.70. The number of nitrogens with zero attached hydrogens (tertiary/aromatic N) is 2. The first-order valence-corrected chi connectivity index (χ1v) is 8.30. The highest BCUT2D eigenvalue weighted by atomic mass is 35.5. The van der Waals surface area contributed by atoms with Gasteiger partial charge in [-0.1, -0.05) is 17.7 Å². The minimum Gasteiger partial charge on any atom is -0.383 e. The van der Waals surface area contributed by atoms with E-state index in [9.17, 15) is 4.39 Å². The summed E-state index contributed by atoms with van der Waals surface area (Å²) < 4.78 is 18.3.